The van der Waals surface area contributed by atoms with Crippen molar-refractivity contribution in [1.82, 2.24) is 4.98 Å². The molecule has 7 nitrogen and oxygen atoms in total. The highest BCUT2D eigenvalue weighted by molar-refractivity contribution is 6.10. The molecule has 2 aromatic carbocycles. The predicted molar refractivity (Wildman–Crippen MR) is 115 cm³/mol. The molecule has 31 heavy (non-hydrogen) atoms. The van der Waals surface area contributed by atoms with E-state index in [9.17, 15) is 14.7 Å². The Balaban J connectivity index is 1.83. The lowest BCUT2D eigenvalue weighted by Crippen LogP contribution is -2.30. The number of amides is 1. The largest absolute Gasteiger partial charge is 0.504 e. The SMILES string of the molecule is COc1cc(C2c3c(oc4ccccc4c3=O)C(=O)N2c2cccc(C)n2)ccc1O. The van der Waals surface area contributed by atoms with Gasteiger partial charge in [-0.2, -0.15) is 0 Å². The summed E-state index contributed by atoms with van der Waals surface area (Å²) in [6, 6.07) is 16.1. The van der Waals surface area contributed by atoms with Crippen LogP contribution in [0.1, 0.15) is 33.4 Å². The summed E-state index contributed by atoms with van der Waals surface area (Å²) in [4.78, 5) is 32.9. The molecule has 4 aromatic rings. The number of anilines is 1. The molecule has 1 unspecified atom stereocenters. The number of para-hydroxylation sites is 1. The number of pyridine rings is 1. The summed E-state index contributed by atoms with van der Waals surface area (Å²) < 4.78 is 11.2. The maximum atomic E-state index is 13.5. The van der Waals surface area contributed by atoms with E-state index in [1.54, 1.807) is 48.5 Å². The first-order valence-electron chi connectivity index (χ1n) is 9.69. The fourth-order valence-corrected chi connectivity index (χ4v) is 4.00. The third-order valence-electron chi connectivity index (χ3n) is 5.42. The van der Waals surface area contributed by atoms with Crippen molar-refractivity contribution >= 4 is 22.7 Å². The van der Waals surface area contributed by atoms with E-state index in [-0.39, 0.29) is 28.3 Å². The molecule has 5 rings (SSSR count). The van der Waals surface area contributed by atoms with E-state index >= 15 is 0 Å². The van der Waals surface area contributed by atoms with E-state index in [1.807, 2.05) is 13.0 Å². The standard InChI is InChI=1S/C24H18N2O5/c1-13-6-5-9-19(25-13)26-21(14-10-11-16(27)18(12-14)30-2)20-22(28)15-7-3-4-8-17(15)31-23(20)24(26)29/h3-12,21,27H,1-2H3. The number of hydrogen-bond acceptors (Lipinski definition) is 6. The molecule has 0 aliphatic carbocycles. The van der Waals surface area contributed by atoms with Crippen LogP contribution in [0.25, 0.3) is 11.0 Å². The van der Waals surface area contributed by atoms with Crippen LogP contribution >= 0.6 is 0 Å². The lowest BCUT2D eigenvalue weighted by molar-refractivity contribution is 0.0970. The van der Waals surface area contributed by atoms with Crippen molar-refractivity contribution < 1.29 is 19.1 Å². The Morgan fingerprint density at radius 2 is 1.87 bits per heavy atom. The number of rotatable bonds is 3. The maximum absolute atomic E-state index is 13.5. The molecule has 0 fully saturated rings. The van der Waals surface area contributed by atoms with Gasteiger partial charge in [0.1, 0.15) is 11.4 Å². The van der Waals surface area contributed by atoms with Gasteiger partial charge in [-0.15, -0.1) is 0 Å². The minimum absolute atomic E-state index is 0.0101. The normalized spacial score (nSPS) is 15.4. The molecule has 3 heterocycles. The third kappa shape index (κ3) is 2.85. The number of carbonyl (C=O) groups excluding carboxylic acids is 1. The van der Waals surface area contributed by atoms with E-state index in [2.05, 4.69) is 4.98 Å². The van der Waals surface area contributed by atoms with Gasteiger partial charge in [0.05, 0.1) is 24.1 Å². The van der Waals surface area contributed by atoms with Gasteiger partial charge in [0.25, 0.3) is 5.91 Å². The second kappa shape index (κ2) is 6.98. The smallest absolute Gasteiger partial charge is 0.296 e. The van der Waals surface area contributed by atoms with E-state index in [0.29, 0.717) is 22.4 Å². The summed E-state index contributed by atoms with van der Waals surface area (Å²) in [6.45, 7) is 1.83. The number of aromatic hydroxyl groups is 1. The number of nitrogens with zero attached hydrogens (tertiary/aromatic N) is 2. The highest BCUT2D eigenvalue weighted by Crippen LogP contribution is 2.42. The minimum atomic E-state index is -0.785. The zero-order valence-corrected chi connectivity index (χ0v) is 16.8. The number of benzene rings is 2. The van der Waals surface area contributed by atoms with E-state index in [0.717, 1.165) is 5.69 Å². The van der Waals surface area contributed by atoms with Crippen molar-refractivity contribution in [2.24, 2.45) is 0 Å². The number of methoxy groups -OCH3 is 1. The number of aryl methyl sites for hydroxylation is 1. The maximum Gasteiger partial charge on any atom is 0.296 e. The number of carbonyl (C=O) groups is 1. The molecule has 7 heteroatoms. The van der Waals surface area contributed by atoms with Crippen LogP contribution in [0.2, 0.25) is 0 Å². The summed E-state index contributed by atoms with van der Waals surface area (Å²) in [6.07, 6.45) is 0. The molecule has 0 bridgehead atoms. The second-order valence-corrected chi connectivity index (χ2v) is 7.32. The zero-order chi connectivity index (χ0) is 21.7. The predicted octanol–water partition coefficient (Wildman–Crippen LogP) is 3.96. The van der Waals surface area contributed by atoms with Crippen LogP contribution in [0, 0.1) is 6.92 Å². The molecule has 0 saturated carbocycles. The summed E-state index contributed by atoms with van der Waals surface area (Å²) >= 11 is 0. The van der Waals surface area contributed by atoms with Gasteiger partial charge >= 0.3 is 0 Å². The van der Waals surface area contributed by atoms with Crippen molar-refractivity contribution in [3.05, 3.63) is 93.5 Å². The van der Waals surface area contributed by atoms with Crippen LogP contribution in [-0.4, -0.2) is 23.1 Å². The molecule has 2 aromatic heterocycles. The van der Waals surface area contributed by atoms with Crippen LogP contribution in [0.15, 0.2) is 69.9 Å². The first-order valence-corrected chi connectivity index (χ1v) is 9.69. The number of fused-ring (bicyclic) bond motifs is 2. The summed E-state index contributed by atoms with van der Waals surface area (Å²) in [5.74, 6) is 0.135. The fraction of sp³-hybridized carbons (Fsp3) is 0.125. The van der Waals surface area contributed by atoms with Gasteiger partial charge < -0.3 is 14.3 Å². The Hall–Kier alpha value is -4.13. The molecule has 1 amide bonds. The molecular formula is C24H18N2O5. The molecule has 0 radical (unpaired) electrons. The Labute approximate surface area is 177 Å². The van der Waals surface area contributed by atoms with Crippen LogP contribution in [0.3, 0.4) is 0 Å². The number of phenolic OH excluding ortho intramolecular Hbond substituents is 1. The summed E-state index contributed by atoms with van der Waals surface area (Å²) in [5, 5.41) is 10.4. The molecule has 0 spiro atoms. The van der Waals surface area contributed by atoms with Crippen molar-refractivity contribution in [2.45, 2.75) is 13.0 Å². The average Bonchev–Trinajstić information content (AvgIpc) is 3.07. The molecule has 154 valence electrons. The second-order valence-electron chi connectivity index (χ2n) is 7.32. The van der Waals surface area contributed by atoms with Crippen molar-refractivity contribution in [1.29, 1.82) is 0 Å². The molecule has 1 atom stereocenters. The van der Waals surface area contributed by atoms with Gasteiger partial charge in [-0.25, -0.2) is 4.98 Å². The van der Waals surface area contributed by atoms with E-state index < -0.39 is 11.9 Å². The highest BCUT2D eigenvalue weighted by Gasteiger charge is 2.44. The third-order valence-corrected chi connectivity index (χ3v) is 5.42. The highest BCUT2D eigenvalue weighted by atomic mass is 16.5. The molecule has 0 saturated heterocycles. The van der Waals surface area contributed by atoms with Gasteiger partial charge in [0.15, 0.2) is 16.9 Å². The van der Waals surface area contributed by atoms with E-state index in [4.69, 9.17) is 9.15 Å². The summed E-state index contributed by atoms with van der Waals surface area (Å²) in [5.41, 5.74) is 1.62. The lowest BCUT2D eigenvalue weighted by Gasteiger charge is -2.24. The van der Waals surface area contributed by atoms with Gasteiger partial charge in [0.2, 0.25) is 5.76 Å². The van der Waals surface area contributed by atoms with Crippen molar-refractivity contribution in [3.63, 3.8) is 0 Å². The van der Waals surface area contributed by atoms with Gasteiger partial charge in [0, 0.05) is 5.69 Å². The monoisotopic (exact) mass is 414 g/mol. The van der Waals surface area contributed by atoms with E-state index in [1.165, 1.54) is 18.1 Å². The Bertz CT molecular complexity index is 1410. The first-order chi connectivity index (χ1) is 15.0. The summed E-state index contributed by atoms with van der Waals surface area (Å²) in [7, 11) is 1.44. The topological polar surface area (TPSA) is 92.9 Å². The number of hydrogen-bond donors (Lipinski definition) is 1. The molecule has 1 N–H and O–H groups in total. The van der Waals surface area contributed by atoms with Crippen LogP contribution < -0.4 is 15.1 Å². The number of ether oxygens (including phenoxy) is 1. The molecule has 1 aliphatic rings. The van der Waals surface area contributed by atoms with Crippen molar-refractivity contribution in [3.8, 4) is 11.5 Å². The Morgan fingerprint density at radius 3 is 2.65 bits per heavy atom. The van der Waals surface area contributed by atoms with Crippen LogP contribution in [0.4, 0.5) is 5.82 Å². The Morgan fingerprint density at radius 1 is 1.06 bits per heavy atom. The van der Waals surface area contributed by atoms with Crippen LogP contribution in [0.5, 0.6) is 11.5 Å². The average molecular weight is 414 g/mol. The molecule has 1 aliphatic heterocycles. The Kier molecular flexibility index (Phi) is 4.25. The molecular weight excluding hydrogens is 396 g/mol. The first kappa shape index (κ1) is 18.9. The van der Waals surface area contributed by atoms with Gasteiger partial charge in [-0.05, 0) is 48.9 Å². The van der Waals surface area contributed by atoms with Gasteiger partial charge in [-0.1, -0.05) is 24.3 Å². The minimum Gasteiger partial charge on any atom is -0.504 e. The number of phenols is 1. The fourth-order valence-electron chi connectivity index (χ4n) is 4.00. The van der Waals surface area contributed by atoms with Gasteiger partial charge in [-0.3, -0.25) is 14.5 Å². The van der Waals surface area contributed by atoms with Crippen molar-refractivity contribution in [2.75, 3.05) is 12.0 Å². The lowest BCUT2D eigenvalue weighted by atomic mass is 9.98. The van der Waals surface area contributed by atoms with Crippen LogP contribution in [-0.2, 0) is 0 Å². The zero-order valence-electron chi connectivity index (χ0n) is 16.8. The quantitative estimate of drug-likeness (QED) is 0.546. The number of aromatic nitrogens is 1.